The Hall–Kier alpha value is -3.75. The first-order chi connectivity index (χ1) is 17.2. The summed E-state index contributed by atoms with van der Waals surface area (Å²) in [5, 5.41) is 0. The third-order valence-electron chi connectivity index (χ3n) is 5.36. The van der Waals surface area contributed by atoms with Gasteiger partial charge in [0.2, 0.25) is 0 Å². The molecule has 2 aromatic carbocycles. The maximum absolute atomic E-state index is 13.2. The largest absolute Gasteiger partial charge is 0.493 e. The number of nitrogens with zero attached hydrogens (tertiary/aromatic N) is 1. The Morgan fingerprint density at radius 3 is 2.47 bits per heavy atom. The Bertz CT molecular complexity index is 1150. The molecule has 0 spiro atoms. The first-order valence-electron chi connectivity index (χ1n) is 11.4. The van der Waals surface area contributed by atoms with E-state index < -0.39 is 17.8 Å². The highest BCUT2D eigenvalue weighted by Gasteiger charge is 2.32. The predicted molar refractivity (Wildman–Crippen MR) is 127 cm³/mol. The zero-order valence-corrected chi connectivity index (χ0v) is 20.3. The Morgan fingerprint density at radius 2 is 1.81 bits per heavy atom. The van der Waals surface area contributed by atoms with Gasteiger partial charge in [-0.05, 0) is 55.7 Å². The van der Waals surface area contributed by atoms with E-state index in [1.54, 1.807) is 37.3 Å². The molecular formula is C27H28F3NO5. The molecule has 0 saturated carbocycles. The molecule has 36 heavy (non-hydrogen) atoms. The monoisotopic (exact) mass is 503 g/mol. The zero-order chi connectivity index (χ0) is 26.1. The number of aryl methyl sites for hydroxylation is 2. The van der Waals surface area contributed by atoms with Crippen molar-refractivity contribution in [2.45, 2.75) is 45.4 Å². The van der Waals surface area contributed by atoms with Crippen LogP contribution in [0.3, 0.4) is 0 Å². The van der Waals surface area contributed by atoms with Crippen molar-refractivity contribution in [3.63, 3.8) is 0 Å². The number of carbonyl (C=O) groups is 1. The van der Waals surface area contributed by atoms with Crippen LogP contribution >= 0.6 is 0 Å². The van der Waals surface area contributed by atoms with Gasteiger partial charge in [-0.25, -0.2) is 4.98 Å². The van der Waals surface area contributed by atoms with Crippen LogP contribution in [0.1, 0.15) is 36.5 Å². The molecule has 1 heterocycles. The van der Waals surface area contributed by atoms with Gasteiger partial charge >= 0.3 is 12.1 Å². The lowest BCUT2D eigenvalue weighted by molar-refractivity contribution is -0.140. The van der Waals surface area contributed by atoms with Crippen LogP contribution in [-0.2, 0) is 22.1 Å². The van der Waals surface area contributed by atoms with Crippen LogP contribution in [0.15, 0.2) is 60.8 Å². The van der Waals surface area contributed by atoms with Gasteiger partial charge in [0.15, 0.2) is 5.75 Å². The molecule has 0 aliphatic carbocycles. The lowest BCUT2D eigenvalue weighted by atomic mass is 10.0. The molecule has 0 N–H and O–H groups in total. The molecule has 6 nitrogen and oxygen atoms in total. The van der Waals surface area contributed by atoms with Gasteiger partial charge in [-0.2, -0.15) is 13.2 Å². The topological polar surface area (TPSA) is 66.9 Å². The molecule has 0 bridgehead atoms. The minimum atomic E-state index is -4.56. The molecular weight excluding hydrogens is 475 g/mol. The summed E-state index contributed by atoms with van der Waals surface area (Å²) < 4.78 is 61.5. The molecule has 1 aromatic heterocycles. The summed E-state index contributed by atoms with van der Waals surface area (Å²) in [6.07, 6.45) is -2.91. The van der Waals surface area contributed by atoms with E-state index in [0.29, 0.717) is 37.4 Å². The van der Waals surface area contributed by atoms with Crippen LogP contribution < -0.4 is 14.2 Å². The van der Waals surface area contributed by atoms with E-state index in [-0.39, 0.29) is 17.6 Å². The smallest absolute Gasteiger partial charge is 0.418 e. The fraction of sp³-hybridized carbons (Fsp3) is 0.333. The van der Waals surface area contributed by atoms with Crippen molar-refractivity contribution in [3.8, 4) is 23.1 Å². The van der Waals surface area contributed by atoms with E-state index >= 15 is 0 Å². The Balaban J connectivity index is 1.60. The van der Waals surface area contributed by atoms with Crippen LogP contribution in [0.5, 0.6) is 23.1 Å². The van der Waals surface area contributed by atoms with Gasteiger partial charge in [-0.3, -0.25) is 4.79 Å². The van der Waals surface area contributed by atoms with E-state index in [4.69, 9.17) is 14.2 Å². The number of aromatic nitrogens is 1. The number of alkyl halides is 3. The number of halogens is 3. The summed E-state index contributed by atoms with van der Waals surface area (Å²) >= 11 is 0. The molecule has 0 aliphatic heterocycles. The van der Waals surface area contributed by atoms with Crippen molar-refractivity contribution in [1.29, 1.82) is 0 Å². The summed E-state index contributed by atoms with van der Waals surface area (Å²) in [7, 11) is 1.36. The van der Waals surface area contributed by atoms with Gasteiger partial charge in [0.1, 0.15) is 17.6 Å². The molecule has 9 heteroatoms. The van der Waals surface area contributed by atoms with Gasteiger partial charge in [0, 0.05) is 25.1 Å². The van der Waals surface area contributed by atoms with Gasteiger partial charge < -0.3 is 18.9 Å². The van der Waals surface area contributed by atoms with Gasteiger partial charge in [0.25, 0.3) is 5.88 Å². The second-order valence-corrected chi connectivity index (χ2v) is 8.17. The number of hydrogen-bond donors (Lipinski definition) is 0. The fourth-order valence-electron chi connectivity index (χ4n) is 3.33. The SMILES string of the molecule is COC(=O)CCc1ccc(OCCC(C)Oc2ncc(C(F)(F)F)cc2Oc2ccccc2)cc1C. The molecule has 0 saturated heterocycles. The third kappa shape index (κ3) is 7.90. The summed E-state index contributed by atoms with van der Waals surface area (Å²) in [5.41, 5.74) is 1.10. The average molecular weight is 504 g/mol. The number of pyridine rings is 1. The number of hydrogen-bond acceptors (Lipinski definition) is 6. The average Bonchev–Trinajstić information content (AvgIpc) is 2.84. The molecule has 1 unspecified atom stereocenters. The van der Waals surface area contributed by atoms with Crippen LogP contribution in [-0.4, -0.2) is 30.8 Å². The molecule has 192 valence electrons. The standard InChI is InChI=1S/C27H28F3NO5/c1-18-15-23(11-9-20(18)10-12-25(32)33-3)34-14-13-19(2)35-26-24(36-22-7-5-4-6-8-22)16-21(17-31-26)27(28,29)30/h4-9,11,15-17,19H,10,12-14H2,1-3H3. The second-order valence-electron chi connectivity index (χ2n) is 8.17. The van der Waals surface area contributed by atoms with Gasteiger partial charge in [0.05, 0.1) is 19.3 Å². The van der Waals surface area contributed by atoms with Crippen molar-refractivity contribution >= 4 is 5.97 Å². The van der Waals surface area contributed by atoms with E-state index in [2.05, 4.69) is 9.72 Å². The third-order valence-corrected chi connectivity index (χ3v) is 5.36. The number of carbonyl (C=O) groups excluding carboxylic acids is 1. The summed E-state index contributed by atoms with van der Waals surface area (Å²) in [6.45, 7) is 4.03. The van der Waals surface area contributed by atoms with Crippen LogP contribution in [0, 0.1) is 6.92 Å². The molecule has 3 aromatic rings. The second kappa shape index (κ2) is 12.3. The lowest BCUT2D eigenvalue weighted by Crippen LogP contribution is -2.17. The number of methoxy groups -OCH3 is 1. The molecule has 3 rings (SSSR count). The van der Waals surface area contributed by atoms with Crippen LogP contribution in [0.4, 0.5) is 13.2 Å². The highest BCUT2D eigenvalue weighted by molar-refractivity contribution is 5.69. The van der Waals surface area contributed by atoms with Crippen LogP contribution in [0.25, 0.3) is 0 Å². The van der Waals surface area contributed by atoms with Gasteiger partial charge in [-0.15, -0.1) is 0 Å². The minimum absolute atomic E-state index is 0.0369. The number of benzene rings is 2. The van der Waals surface area contributed by atoms with Crippen molar-refractivity contribution in [1.82, 2.24) is 4.98 Å². The molecule has 1 atom stereocenters. The van der Waals surface area contributed by atoms with E-state index in [9.17, 15) is 18.0 Å². The molecule has 0 fully saturated rings. The van der Waals surface area contributed by atoms with Crippen molar-refractivity contribution in [3.05, 3.63) is 77.5 Å². The van der Waals surface area contributed by atoms with Gasteiger partial charge in [-0.1, -0.05) is 24.3 Å². The quantitative estimate of drug-likeness (QED) is 0.277. The lowest BCUT2D eigenvalue weighted by Gasteiger charge is -2.18. The minimum Gasteiger partial charge on any atom is -0.493 e. The van der Waals surface area contributed by atoms with Crippen molar-refractivity contribution < 1.29 is 36.9 Å². The Kier molecular flexibility index (Phi) is 9.16. The predicted octanol–water partition coefficient (Wildman–Crippen LogP) is 6.54. The Morgan fingerprint density at radius 1 is 1.06 bits per heavy atom. The highest BCUT2D eigenvalue weighted by atomic mass is 19.4. The summed E-state index contributed by atoms with van der Waals surface area (Å²) in [6, 6.07) is 15.0. The number of ether oxygens (including phenoxy) is 4. The van der Waals surface area contributed by atoms with E-state index in [1.807, 2.05) is 25.1 Å². The first kappa shape index (κ1) is 26.8. The maximum Gasteiger partial charge on any atom is 0.418 e. The van der Waals surface area contributed by atoms with Crippen molar-refractivity contribution in [2.24, 2.45) is 0 Å². The molecule has 0 amide bonds. The normalized spacial score (nSPS) is 12.1. The molecule has 0 radical (unpaired) electrons. The molecule has 0 aliphatic rings. The fourth-order valence-corrected chi connectivity index (χ4v) is 3.33. The first-order valence-corrected chi connectivity index (χ1v) is 11.4. The number of esters is 1. The highest BCUT2D eigenvalue weighted by Crippen LogP contribution is 2.37. The number of para-hydroxylation sites is 1. The summed E-state index contributed by atoms with van der Waals surface area (Å²) in [4.78, 5) is 15.2. The summed E-state index contributed by atoms with van der Waals surface area (Å²) in [5.74, 6) is 0.614. The Labute approximate surface area is 208 Å². The van der Waals surface area contributed by atoms with Crippen molar-refractivity contribution in [2.75, 3.05) is 13.7 Å². The van der Waals surface area contributed by atoms with E-state index in [1.165, 1.54) is 7.11 Å². The van der Waals surface area contributed by atoms with Crippen LogP contribution in [0.2, 0.25) is 0 Å². The number of rotatable bonds is 11. The van der Waals surface area contributed by atoms with E-state index in [0.717, 1.165) is 23.4 Å². The zero-order valence-electron chi connectivity index (χ0n) is 20.3. The maximum atomic E-state index is 13.2.